The second-order valence-electron chi connectivity index (χ2n) is 7.21. The molecule has 0 radical (unpaired) electrons. The van der Waals surface area contributed by atoms with Crippen LogP contribution >= 0.6 is 0 Å². The lowest BCUT2D eigenvalue weighted by atomic mass is 10.0. The minimum Gasteiger partial charge on any atom is -0.389 e. The molecule has 0 saturated heterocycles. The van der Waals surface area contributed by atoms with Crippen LogP contribution in [0.5, 0.6) is 0 Å². The third-order valence-electron chi connectivity index (χ3n) is 4.56. The Morgan fingerprint density at radius 2 is 1.74 bits per heavy atom. The smallest absolute Gasteiger partial charge is 0.224 e. The number of carbonyl (C=O) groups excluding carboxylic acids is 1. The molecule has 1 unspecified atom stereocenters. The number of rotatable bonds is 7. The van der Waals surface area contributed by atoms with Crippen molar-refractivity contribution >= 4 is 5.91 Å². The van der Waals surface area contributed by atoms with Gasteiger partial charge in [-0.05, 0) is 16.7 Å². The number of aliphatic hydroxyl groups is 1. The fourth-order valence-corrected chi connectivity index (χ4v) is 2.67. The first-order chi connectivity index (χ1) is 8.60. The average Bonchev–Trinajstić information content (AvgIpc) is 2.66. The highest BCUT2D eigenvalue weighted by Crippen LogP contribution is 2.68. The van der Waals surface area contributed by atoms with E-state index in [2.05, 4.69) is 46.9 Å². The van der Waals surface area contributed by atoms with Gasteiger partial charge in [-0.15, -0.1) is 0 Å². The van der Waals surface area contributed by atoms with Gasteiger partial charge in [0.1, 0.15) is 0 Å². The van der Waals surface area contributed by atoms with Crippen LogP contribution in [0.3, 0.4) is 0 Å². The van der Waals surface area contributed by atoms with Crippen molar-refractivity contribution in [2.75, 3.05) is 19.8 Å². The van der Waals surface area contributed by atoms with Gasteiger partial charge in [-0.25, -0.2) is 0 Å². The molecule has 0 aliphatic heterocycles. The Morgan fingerprint density at radius 3 is 2.16 bits per heavy atom. The SMILES string of the molecule is CC(C)COCC(O)CNC(=O)C1C(C)(C)C1(C)C. The fourth-order valence-electron chi connectivity index (χ4n) is 2.67. The molecule has 1 rings (SSSR count). The second-order valence-corrected chi connectivity index (χ2v) is 7.21. The van der Waals surface area contributed by atoms with E-state index in [0.29, 0.717) is 12.5 Å². The van der Waals surface area contributed by atoms with Crippen LogP contribution in [-0.4, -0.2) is 36.9 Å². The molecule has 112 valence electrons. The molecule has 1 fully saturated rings. The van der Waals surface area contributed by atoms with Crippen molar-refractivity contribution in [2.24, 2.45) is 22.7 Å². The summed E-state index contributed by atoms with van der Waals surface area (Å²) in [4.78, 5) is 12.1. The maximum absolute atomic E-state index is 12.1. The van der Waals surface area contributed by atoms with Crippen LogP contribution in [0.2, 0.25) is 0 Å². The Balaban J connectivity index is 2.25. The molecule has 0 aromatic rings. The summed E-state index contributed by atoms with van der Waals surface area (Å²) in [5, 5.41) is 12.6. The normalized spacial score (nSPS) is 22.3. The molecule has 1 amide bonds. The molecular weight excluding hydrogens is 242 g/mol. The van der Waals surface area contributed by atoms with Crippen molar-refractivity contribution in [3.8, 4) is 0 Å². The van der Waals surface area contributed by atoms with E-state index in [9.17, 15) is 9.90 Å². The maximum atomic E-state index is 12.1. The van der Waals surface area contributed by atoms with Crippen LogP contribution in [-0.2, 0) is 9.53 Å². The van der Waals surface area contributed by atoms with Crippen LogP contribution in [0.25, 0.3) is 0 Å². The molecule has 1 atom stereocenters. The summed E-state index contributed by atoms with van der Waals surface area (Å²) in [7, 11) is 0. The highest BCUT2D eigenvalue weighted by molar-refractivity contribution is 5.84. The summed E-state index contributed by atoms with van der Waals surface area (Å²) >= 11 is 0. The van der Waals surface area contributed by atoms with Crippen LogP contribution in [0.1, 0.15) is 41.5 Å². The van der Waals surface area contributed by atoms with Crippen molar-refractivity contribution in [1.82, 2.24) is 5.32 Å². The van der Waals surface area contributed by atoms with Crippen molar-refractivity contribution in [3.05, 3.63) is 0 Å². The zero-order valence-corrected chi connectivity index (χ0v) is 13.1. The van der Waals surface area contributed by atoms with E-state index in [-0.39, 0.29) is 35.8 Å². The predicted octanol–water partition coefficient (Wildman–Crippen LogP) is 1.82. The van der Waals surface area contributed by atoms with Crippen LogP contribution in [0, 0.1) is 22.7 Å². The molecule has 1 aliphatic rings. The first-order valence-corrected chi connectivity index (χ1v) is 7.14. The van der Waals surface area contributed by atoms with E-state index in [1.54, 1.807) is 0 Å². The van der Waals surface area contributed by atoms with Crippen molar-refractivity contribution in [1.29, 1.82) is 0 Å². The summed E-state index contributed by atoms with van der Waals surface area (Å²) in [5.41, 5.74) is 0.0758. The monoisotopic (exact) mass is 271 g/mol. The van der Waals surface area contributed by atoms with Gasteiger partial charge in [0.25, 0.3) is 0 Å². The molecular formula is C15H29NO3. The lowest BCUT2D eigenvalue weighted by molar-refractivity contribution is -0.124. The Morgan fingerprint density at radius 1 is 1.21 bits per heavy atom. The zero-order chi connectivity index (χ0) is 14.8. The lowest BCUT2D eigenvalue weighted by Crippen LogP contribution is -2.36. The lowest BCUT2D eigenvalue weighted by Gasteiger charge is -2.14. The molecule has 1 saturated carbocycles. The van der Waals surface area contributed by atoms with Gasteiger partial charge in [0.15, 0.2) is 0 Å². The molecule has 2 N–H and O–H groups in total. The molecule has 0 heterocycles. The highest BCUT2D eigenvalue weighted by Gasteiger charge is 2.68. The quantitative estimate of drug-likeness (QED) is 0.742. The topological polar surface area (TPSA) is 58.6 Å². The first-order valence-electron chi connectivity index (χ1n) is 7.14. The number of ether oxygens (including phenoxy) is 1. The Bertz CT molecular complexity index is 309. The van der Waals surface area contributed by atoms with Gasteiger partial charge in [-0.1, -0.05) is 41.5 Å². The number of amides is 1. The van der Waals surface area contributed by atoms with Crippen LogP contribution < -0.4 is 5.32 Å². The Hall–Kier alpha value is -0.610. The van der Waals surface area contributed by atoms with E-state index >= 15 is 0 Å². The van der Waals surface area contributed by atoms with E-state index in [0.717, 1.165) is 0 Å². The number of hydrogen-bond acceptors (Lipinski definition) is 3. The van der Waals surface area contributed by atoms with E-state index in [1.165, 1.54) is 0 Å². The summed E-state index contributed by atoms with van der Waals surface area (Å²) in [5.74, 6) is 0.525. The van der Waals surface area contributed by atoms with E-state index < -0.39 is 6.10 Å². The average molecular weight is 271 g/mol. The number of nitrogens with one attached hydrogen (secondary N) is 1. The summed E-state index contributed by atoms with van der Waals surface area (Å²) in [6.07, 6.45) is -0.632. The zero-order valence-electron chi connectivity index (χ0n) is 13.1. The van der Waals surface area contributed by atoms with E-state index in [1.807, 2.05) is 0 Å². The van der Waals surface area contributed by atoms with Crippen LogP contribution in [0.4, 0.5) is 0 Å². The molecule has 0 spiro atoms. The van der Waals surface area contributed by atoms with Gasteiger partial charge in [0.2, 0.25) is 5.91 Å². The van der Waals surface area contributed by atoms with Crippen molar-refractivity contribution in [2.45, 2.75) is 47.6 Å². The van der Waals surface area contributed by atoms with Gasteiger partial charge in [0, 0.05) is 19.1 Å². The van der Waals surface area contributed by atoms with Gasteiger partial charge >= 0.3 is 0 Å². The summed E-state index contributed by atoms with van der Waals surface area (Å²) < 4.78 is 5.35. The summed E-state index contributed by atoms with van der Waals surface area (Å²) in [6, 6.07) is 0. The Kier molecular flexibility index (Phi) is 5.02. The minimum atomic E-state index is -0.632. The first kappa shape index (κ1) is 16.4. The highest BCUT2D eigenvalue weighted by atomic mass is 16.5. The molecule has 4 nitrogen and oxygen atoms in total. The maximum Gasteiger partial charge on any atom is 0.224 e. The molecule has 0 bridgehead atoms. The standard InChI is InChI=1S/C15H29NO3/c1-10(2)8-19-9-11(17)7-16-13(18)12-14(3,4)15(12,5)6/h10-12,17H,7-9H2,1-6H3,(H,16,18). The third kappa shape index (κ3) is 3.69. The van der Waals surface area contributed by atoms with Gasteiger partial charge in [0.05, 0.1) is 12.7 Å². The van der Waals surface area contributed by atoms with Gasteiger partial charge < -0.3 is 15.2 Å². The van der Waals surface area contributed by atoms with Crippen molar-refractivity contribution in [3.63, 3.8) is 0 Å². The van der Waals surface area contributed by atoms with E-state index in [4.69, 9.17) is 4.74 Å². The fraction of sp³-hybridized carbons (Fsp3) is 0.933. The molecule has 1 aliphatic carbocycles. The largest absolute Gasteiger partial charge is 0.389 e. The molecule has 4 heteroatoms. The third-order valence-corrected chi connectivity index (χ3v) is 4.56. The predicted molar refractivity (Wildman–Crippen MR) is 75.7 cm³/mol. The van der Waals surface area contributed by atoms with Crippen LogP contribution in [0.15, 0.2) is 0 Å². The molecule has 0 aromatic heterocycles. The second kappa shape index (κ2) is 5.80. The van der Waals surface area contributed by atoms with Gasteiger partial charge in [-0.3, -0.25) is 4.79 Å². The minimum absolute atomic E-state index is 0.0313. The summed E-state index contributed by atoms with van der Waals surface area (Å²) in [6.45, 7) is 13.7. The number of aliphatic hydroxyl groups excluding tert-OH is 1. The van der Waals surface area contributed by atoms with Crippen molar-refractivity contribution < 1.29 is 14.6 Å². The number of hydrogen-bond donors (Lipinski definition) is 2. The molecule has 0 aromatic carbocycles. The molecule has 19 heavy (non-hydrogen) atoms. The Labute approximate surface area is 116 Å². The number of carbonyl (C=O) groups is 1. The van der Waals surface area contributed by atoms with Gasteiger partial charge in [-0.2, -0.15) is 0 Å².